The van der Waals surface area contributed by atoms with E-state index in [0.29, 0.717) is 23.9 Å². The fourth-order valence-electron chi connectivity index (χ4n) is 1.89. The van der Waals surface area contributed by atoms with E-state index >= 15 is 0 Å². The zero-order chi connectivity index (χ0) is 13.5. The summed E-state index contributed by atoms with van der Waals surface area (Å²) in [6, 6.07) is 7.40. The van der Waals surface area contributed by atoms with Crippen molar-refractivity contribution in [1.29, 1.82) is 0 Å². The molecule has 0 heterocycles. The van der Waals surface area contributed by atoms with Crippen LogP contribution in [0.25, 0.3) is 0 Å². The van der Waals surface area contributed by atoms with Gasteiger partial charge in [0.25, 0.3) is 0 Å². The summed E-state index contributed by atoms with van der Waals surface area (Å²) < 4.78 is 0. The number of benzene rings is 1. The Morgan fingerprint density at radius 3 is 2.63 bits per heavy atom. The Balaban J connectivity index is 0.00000324. The van der Waals surface area contributed by atoms with Crippen LogP contribution in [0.2, 0.25) is 5.02 Å². The molecular formula is C14H22Cl2N2O. The highest BCUT2D eigenvalue weighted by atomic mass is 35.5. The Hall–Kier alpha value is -0.770. The highest BCUT2D eigenvalue weighted by Crippen LogP contribution is 2.11. The molecule has 5 heteroatoms. The van der Waals surface area contributed by atoms with E-state index in [1.54, 1.807) is 12.1 Å². The zero-order valence-corrected chi connectivity index (χ0v) is 12.9. The number of amides is 1. The molecule has 3 nitrogen and oxygen atoms in total. The van der Waals surface area contributed by atoms with Crippen molar-refractivity contribution in [2.45, 2.75) is 32.7 Å². The molecule has 1 atom stereocenters. The van der Waals surface area contributed by atoms with Gasteiger partial charge in [-0.15, -0.1) is 12.4 Å². The standard InChI is InChI=1S/C14H21ClN2O.ClH/c1-10(2)6-13(9-16)17-14(18)8-11-4-3-5-12(15)7-11;/h3-5,7,10,13H,6,8-9,16H2,1-2H3,(H,17,18);1H. The molecule has 0 aliphatic carbocycles. The normalized spacial score (nSPS) is 11.8. The molecule has 1 amide bonds. The number of carbonyl (C=O) groups excluding carboxylic acids is 1. The molecule has 1 aromatic carbocycles. The minimum atomic E-state index is -0.00614. The van der Waals surface area contributed by atoms with E-state index in [9.17, 15) is 4.79 Å². The molecule has 1 aromatic rings. The minimum absolute atomic E-state index is 0. The molecule has 0 saturated carbocycles. The number of hydrogen-bond acceptors (Lipinski definition) is 2. The van der Waals surface area contributed by atoms with E-state index in [2.05, 4.69) is 19.2 Å². The second kappa shape index (κ2) is 9.18. The lowest BCUT2D eigenvalue weighted by atomic mass is 10.0. The van der Waals surface area contributed by atoms with Gasteiger partial charge in [-0.2, -0.15) is 0 Å². The molecule has 0 bridgehead atoms. The van der Waals surface area contributed by atoms with Crippen LogP contribution in [0.5, 0.6) is 0 Å². The maximum absolute atomic E-state index is 11.9. The lowest BCUT2D eigenvalue weighted by Gasteiger charge is -2.18. The molecule has 19 heavy (non-hydrogen) atoms. The summed E-state index contributed by atoms with van der Waals surface area (Å²) in [4.78, 5) is 11.9. The smallest absolute Gasteiger partial charge is 0.224 e. The summed E-state index contributed by atoms with van der Waals surface area (Å²) in [6.45, 7) is 4.71. The second-order valence-electron chi connectivity index (χ2n) is 4.94. The number of carbonyl (C=O) groups is 1. The number of halogens is 2. The van der Waals surface area contributed by atoms with Gasteiger partial charge in [0.2, 0.25) is 5.91 Å². The third kappa shape index (κ3) is 7.41. The van der Waals surface area contributed by atoms with Crippen LogP contribution >= 0.6 is 24.0 Å². The summed E-state index contributed by atoms with van der Waals surface area (Å²) in [6.07, 6.45) is 1.24. The Labute approximate surface area is 126 Å². The van der Waals surface area contributed by atoms with Crippen LogP contribution in [0.3, 0.4) is 0 Å². The number of hydrogen-bond donors (Lipinski definition) is 2. The van der Waals surface area contributed by atoms with Gasteiger partial charge >= 0.3 is 0 Å². The van der Waals surface area contributed by atoms with Crippen molar-refractivity contribution in [2.75, 3.05) is 6.54 Å². The highest BCUT2D eigenvalue weighted by molar-refractivity contribution is 6.30. The van der Waals surface area contributed by atoms with Gasteiger partial charge < -0.3 is 11.1 Å². The molecule has 108 valence electrons. The van der Waals surface area contributed by atoms with E-state index < -0.39 is 0 Å². The molecule has 3 N–H and O–H groups in total. The summed E-state index contributed by atoms with van der Waals surface area (Å²) >= 11 is 5.88. The molecule has 1 rings (SSSR count). The number of nitrogens with one attached hydrogen (secondary N) is 1. The monoisotopic (exact) mass is 304 g/mol. The summed E-state index contributed by atoms with van der Waals surface area (Å²) in [5, 5.41) is 3.61. The van der Waals surface area contributed by atoms with Gasteiger partial charge in [0.1, 0.15) is 0 Å². The van der Waals surface area contributed by atoms with Crippen molar-refractivity contribution in [1.82, 2.24) is 5.32 Å². The first-order valence-electron chi connectivity index (χ1n) is 6.25. The number of nitrogens with two attached hydrogens (primary N) is 1. The van der Waals surface area contributed by atoms with Crippen LogP contribution in [0, 0.1) is 5.92 Å². The molecule has 0 aliphatic heterocycles. The van der Waals surface area contributed by atoms with Crippen molar-refractivity contribution in [2.24, 2.45) is 11.7 Å². The maximum Gasteiger partial charge on any atom is 0.224 e. The van der Waals surface area contributed by atoms with Crippen LogP contribution in [0.4, 0.5) is 0 Å². The Bertz CT molecular complexity index is 397. The van der Waals surface area contributed by atoms with Crippen molar-refractivity contribution in [3.8, 4) is 0 Å². The van der Waals surface area contributed by atoms with Gasteiger partial charge in [-0.1, -0.05) is 37.6 Å². The van der Waals surface area contributed by atoms with Crippen molar-refractivity contribution in [3.05, 3.63) is 34.9 Å². The molecule has 0 aliphatic rings. The summed E-state index contributed by atoms with van der Waals surface area (Å²) in [5.74, 6) is 0.512. The predicted molar refractivity (Wildman–Crippen MR) is 82.8 cm³/mol. The summed E-state index contributed by atoms with van der Waals surface area (Å²) in [7, 11) is 0. The van der Waals surface area contributed by atoms with Gasteiger partial charge in [0.05, 0.1) is 6.42 Å². The van der Waals surface area contributed by atoms with E-state index in [1.165, 1.54) is 0 Å². The first kappa shape index (κ1) is 18.2. The van der Waals surface area contributed by atoms with Crippen LogP contribution in [0.15, 0.2) is 24.3 Å². The lowest BCUT2D eigenvalue weighted by Crippen LogP contribution is -2.41. The van der Waals surface area contributed by atoms with Gasteiger partial charge in [0.15, 0.2) is 0 Å². The quantitative estimate of drug-likeness (QED) is 0.849. The van der Waals surface area contributed by atoms with Gasteiger partial charge in [-0.05, 0) is 30.0 Å². The summed E-state index contributed by atoms with van der Waals surface area (Å²) in [5.41, 5.74) is 6.57. The van der Waals surface area contributed by atoms with E-state index in [-0.39, 0.29) is 24.4 Å². The zero-order valence-electron chi connectivity index (χ0n) is 11.4. The average molecular weight is 305 g/mol. The largest absolute Gasteiger partial charge is 0.352 e. The van der Waals surface area contributed by atoms with E-state index in [1.807, 2.05) is 12.1 Å². The number of rotatable bonds is 6. The van der Waals surface area contributed by atoms with Gasteiger partial charge in [0, 0.05) is 17.6 Å². The molecule has 1 unspecified atom stereocenters. The van der Waals surface area contributed by atoms with Crippen molar-refractivity contribution >= 4 is 29.9 Å². The Morgan fingerprint density at radius 2 is 2.11 bits per heavy atom. The van der Waals surface area contributed by atoms with Crippen LogP contribution < -0.4 is 11.1 Å². The fourth-order valence-corrected chi connectivity index (χ4v) is 2.11. The molecule has 0 saturated heterocycles. The Kier molecular flexibility index (Phi) is 8.81. The van der Waals surface area contributed by atoms with Crippen molar-refractivity contribution in [3.63, 3.8) is 0 Å². The van der Waals surface area contributed by atoms with Crippen LogP contribution in [-0.2, 0) is 11.2 Å². The molecule has 0 radical (unpaired) electrons. The van der Waals surface area contributed by atoms with E-state index in [4.69, 9.17) is 17.3 Å². The predicted octanol–water partition coefficient (Wildman–Crippen LogP) is 2.79. The molecular weight excluding hydrogens is 283 g/mol. The van der Waals surface area contributed by atoms with Crippen LogP contribution in [-0.4, -0.2) is 18.5 Å². The molecule has 0 fully saturated rings. The van der Waals surface area contributed by atoms with E-state index in [0.717, 1.165) is 12.0 Å². The van der Waals surface area contributed by atoms with Crippen LogP contribution in [0.1, 0.15) is 25.8 Å². The first-order valence-corrected chi connectivity index (χ1v) is 6.63. The van der Waals surface area contributed by atoms with Crippen molar-refractivity contribution < 1.29 is 4.79 Å². The topological polar surface area (TPSA) is 55.1 Å². The van der Waals surface area contributed by atoms with Gasteiger partial charge in [-0.25, -0.2) is 0 Å². The lowest BCUT2D eigenvalue weighted by molar-refractivity contribution is -0.121. The third-order valence-electron chi connectivity index (χ3n) is 2.66. The highest BCUT2D eigenvalue weighted by Gasteiger charge is 2.12. The SMILES string of the molecule is CC(C)CC(CN)NC(=O)Cc1cccc(Cl)c1.Cl. The van der Waals surface area contributed by atoms with Gasteiger partial charge in [-0.3, -0.25) is 4.79 Å². The average Bonchev–Trinajstić information content (AvgIpc) is 2.27. The third-order valence-corrected chi connectivity index (χ3v) is 2.89. The molecule has 0 aromatic heterocycles. The fraction of sp³-hybridized carbons (Fsp3) is 0.500. The Morgan fingerprint density at radius 1 is 1.42 bits per heavy atom. The first-order chi connectivity index (χ1) is 8.51. The minimum Gasteiger partial charge on any atom is -0.352 e. The second-order valence-corrected chi connectivity index (χ2v) is 5.37. The maximum atomic E-state index is 11.9. The molecule has 0 spiro atoms.